The predicted molar refractivity (Wildman–Crippen MR) is 167 cm³/mol. The SMILES string of the molecule is C=CCOC(=O)C[C@@H](O)C[C@H]1CCN2[C@@](C(C)C)(O1)[C@@]1(C(=O)Nc3ccccc3)O[C@@]1(c1ccccc1)[C@]2(O)c1ccc(F)cc1. The summed E-state index contributed by atoms with van der Waals surface area (Å²) in [6, 6.07) is 23.5. The Balaban J connectivity index is 1.50. The quantitative estimate of drug-likeness (QED) is 0.160. The van der Waals surface area contributed by atoms with Crippen molar-refractivity contribution in [2.24, 2.45) is 5.92 Å². The summed E-state index contributed by atoms with van der Waals surface area (Å²) in [5.41, 5.74) is -5.63. The lowest BCUT2D eigenvalue weighted by Gasteiger charge is -2.55. The third kappa shape index (κ3) is 4.62. The summed E-state index contributed by atoms with van der Waals surface area (Å²) in [5.74, 6) is -2.02. The fourth-order valence-electron chi connectivity index (χ4n) is 7.62. The Morgan fingerprint density at radius 2 is 1.72 bits per heavy atom. The molecule has 3 fully saturated rings. The van der Waals surface area contributed by atoms with Crippen molar-refractivity contribution in [3.63, 3.8) is 0 Å². The molecule has 242 valence electrons. The van der Waals surface area contributed by atoms with E-state index in [4.69, 9.17) is 14.2 Å². The summed E-state index contributed by atoms with van der Waals surface area (Å²) in [6.07, 6.45) is -0.0472. The number of halogens is 1. The second-order valence-electron chi connectivity index (χ2n) is 12.4. The van der Waals surface area contributed by atoms with Crippen LogP contribution < -0.4 is 5.32 Å². The molecule has 3 saturated heterocycles. The first kappa shape index (κ1) is 32.0. The summed E-state index contributed by atoms with van der Waals surface area (Å²) in [7, 11) is 0. The Morgan fingerprint density at radius 3 is 2.35 bits per heavy atom. The number of morpholine rings is 1. The molecule has 0 saturated carbocycles. The monoisotopic (exact) mass is 630 g/mol. The van der Waals surface area contributed by atoms with E-state index in [1.54, 1.807) is 41.3 Å². The van der Waals surface area contributed by atoms with Crippen LogP contribution in [0.1, 0.15) is 44.2 Å². The van der Waals surface area contributed by atoms with Crippen molar-refractivity contribution in [3.05, 3.63) is 115 Å². The molecule has 6 atom stereocenters. The maximum atomic E-state index is 14.8. The number of amides is 1. The molecule has 1 amide bonds. The van der Waals surface area contributed by atoms with Crippen molar-refractivity contribution in [2.75, 3.05) is 18.5 Å². The van der Waals surface area contributed by atoms with Crippen LogP contribution in [-0.2, 0) is 35.1 Å². The van der Waals surface area contributed by atoms with Crippen molar-refractivity contribution < 1.29 is 38.4 Å². The number of rotatable bonds is 11. The van der Waals surface area contributed by atoms with E-state index in [2.05, 4.69) is 11.9 Å². The number of carbonyl (C=O) groups is 2. The number of epoxide rings is 1. The number of aliphatic hydroxyl groups is 2. The molecule has 0 unspecified atom stereocenters. The number of ether oxygens (including phenoxy) is 3. The molecule has 3 aromatic rings. The van der Waals surface area contributed by atoms with Gasteiger partial charge in [-0.05, 0) is 42.2 Å². The smallest absolute Gasteiger partial charge is 0.308 e. The fourth-order valence-corrected chi connectivity index (χ4v) is 7.62. The fraction of sp³-hybridized carbons (Fsp3) is 0.389. The molecule has 0 radical (unpaired) electrons. The lowest BCUT2D eigenvalue weighted by Crippen LogP contribution is -2.70. The van der Waals surface area contributed by atoms with Gasteiger partial charge in [-0.2, -0.15) is 0 Å². The summed E-state index contributed by atoms with van der Waals surface area (Å²) in [5, 5.41) is 27.1. The van der Waals surface area contributed by atoms with Gasteiger partial charge < -0.3 is 29.7 Å². The molecular formula is C36H39FN2O7. The maximum Gasteiger partial charge on any atom is 0.308 e. The van der Waals surface area contributed by atoms with Crippen molar-refractivity contribution >= 4 is 17.6 Å². The second-order valence-corrected chi connectivity index (χ2v) is 12.4. The van der Waals surface area contributed by atoms with Gasteiger partial charge in [0.2, 0.25) is 5.60 Å². The number of fused-ring (bicyclic) bond motifs is 3. The summed E-state index contributed by atoms with van der Waals surface area (Å²) >= 11 is 0. The number of carbonyl (C=O) groups excluding carboxylic acids is 2. The molecule has 0 bridgehead atoms. The number of hydrogen-bond acceptors (Lipinski definition) is 8. The molecule has 3 N–H and O–H groups in total. The van der Waals surface area contributed by atoms with E-state index in [1.165, 1.54) is 30.3 Å². The Hall–Kier alpha value is -3.93. The van der Waals surface area contributed by atoms with Crippen LogP contribution in [0.3, 0.4) is 0 Å². The normalized spacial score (nSPS) is 30.6. The molecule has 3 aliphatic heterocycles. The molecule has 0 aliphatic carbocycles. The number of para-hydroxylation sites is 1. The average Bonchev–Trinajstić information content (AvgIpc) is 3.74. The van der Waals surface area contributed by atoms with Gasteiger partial charge >= 0.3 is 5.97 Å². The van der Waals surface area contributed by atoms with Crippen LogP contribution >= 0.6 is 0 Å². The zero-order valence-corrected chi connectivity index (χ0v) is 25.9. The predicted octanol–water partition coefficient (Wildman–Crippen LogP) is 4.60. The molecular weight excluding hydrogens is 591 g/mol. The Labute approximate surface area is 267 Å². The largest absolute Gasteiger partial charge is 0.461 e. The van der Waals surface area contributed by atoms with Gasteiger partial charge in [-0.1, -0.05) is 87.2 Å². The number of esters is 1. The van der Waals surface area contributed by atoms with Crippen molar-refractivity contribution in [3.8, 4) is 0 Å². The van der Waals surface area contributed by atoms with Gasteiger partial charge in [-0.15, -0.1) is 0 Å². The van der Waals surface area contributed by atoms with E-state index < -0.39 is 58.5 Å². The minimum absolute atomic E-state index is 0.0385. The standard InChI is InChI=1S/C36H39FN2O7/c1-4-21-44-31(41)23-29(40)22-30-19-20-39-35(43,26-15-17-27(37)18-16-26)33(25-11-7-5-8-12-25)34(46-33,36(39,45-30)24(2)3)32(42)38-28-13-9-6-10-14-28/h4-18,24,29-30,40,43H,1,19-23H2,2-3H3,(H,38,42)/t29-,30+,33+,34-,35+,36-/m0/s1. The van der Waals surface area contributed by atoms with E-state index in [0.29, 0.717) is 23.2 Å². The van der Waals surface area contributed by atoms with Crippen LogP contribution in [-0.4, -0.2) is 63.7 Å². The first-order valence-electron chi connectivity index (χ1n) is 15.6. The molecule has 10 heteroatoms. The van der Waals surface area contributed by atoms with Gasteiger partial charge in [0, 0.05) is 24.2 Å². The lowest BCUT2D eigenvalue weighted by molar-refractivity contribution is -0.327. The molecule has 0 spiro atoms. The topological polar surface area (TPSA) is 121 Å². The van der Waals surface area contributed by atoms with Crippen molar-refractivity contribution in [1.29, 1.82) is 0 Å². The number of hydrogen-bond donors (Lipinski definition) is 3. The number of nitrogens with one attached hydrogen (secondary N) is 1. The van der Waals surface area contributed by atoms with Gasteiger partial charge in [0.25, 0.3) is 5.91 Å². The first-order chi connectivity index (χ1) is 22.1. The van der Waals surface area contributed by atoms with Gasteiger partial charge in [0.05, 0.1) is 18.6 Å². The van der Waals surface area contributed by atoms with Crippen LogP contribution in [0.15, 0.2) is 97.6 Å². The number of benzene rings is 3. The van der Waals surface area contributed by atoms with Gasteiger partial charge in [-0.25, -0.2) is 9.29 Å². The molecule has 46 heavy (non-hydrogen) atoms. The van der Waals surface area contributed by atoms with Crippen LogP contribution in [0.25, 0.3) is 0 Å². The molecule has 3 heterocycles. The molecule has 0 aromatic heterocycles. The molecule has 9 nitrogen and oxygen atoms in total. The van der Waals surface area contributed by atoms with E-state index in [-0.39, 0.29) is 26.0 Å². The van der Waals surface area contributed by atoms with E-state index >= 15 is 0 Å². The van der Waals surface area contributed by atoms with Crippen molar-refractivity contribution in [2.45, 2.75) is 68.0 Å². The van der Waals surface area contributed by atoms with E-state index in [9.17, 15) is 24.2 Å². The van der Waals surface area contributed by atoms with Gasteiger partial charge in [0.1, 0.15) is 12.4 Å². The third-order valence-electron chi connectivity index (χ3n) is 9.43. The number of anilines is 1. The first-order valence-corrected chi connectivity index (χ1v) is 15.6. The van der Waals surface area contributed by atoms with Gasteiger partial charge in [-0.3, -0.25) is 9.59 Å². The highest BCUT2D eigenvalue weighted by atomic mass is 19.1. The average molecular weight is 631 g/mol. The zero-order chi connectivity index (χ0) is 32.7. The zero-order valence-electron chi connectivity index (χ0n) is 25.9. The van der Waals surface area contributed by atoms with E-state index in [1.807, 2.05) is 38.1 Å². The highest BCUT2D eigenvalue weighted by Crippen LogP contribution is 2.79. The molecule has 3 aromatic carbocycles. The van der Waals surface area contributed by atoms with Crippen molar-refractivity contribution in [1.82, 2.24) is 4.90 Å². The Bertz CT molecular complexity index is 1590. The Kier molecular flexibility index (Phi) is 8.37. The highest BCUT2D eigenvalue weighted by molar-refractivity contribution is 6.03. The Morgan fingerprint density at radius 1 is 1.07 bits per heavy atom. The van der Waals surface area contributed by atoms with Crippen LogP contribution in [0.5, 0.6) is 0 Å². The summed E-state index contributed by atoms with van der Waals surface area (Å²) < 4.78 is 33.1. The minimum Gasteiger partial charge on any atom is -0.461 e. The van der Waals surface area contributed by atoms with Crippen LogP contribution in [0.4, 0.5) is 10.1 Å². The summed E-state index contributed by atoms with van der Waals surface area (Å²) in [6.45, 7) is 7.60. The maximum absolute atomic E-state index is 14.8. The number of aliphatic hydroxyl groups excluding tert-OH is 1. The third-order valence-corrected chi connectivity index (χ3v) is 9.43. The van der Waals surface area contributed by atoms with Crippen LogP contribution in [0, 0.1) is 11.7 Å². The molecule has 3 aliphatic rings. The minimum atomic E-state index is -1.99. The van der Waals surface area contributed by atoms with Gasteiger partial charge in [0.15, 0.2) is 17.1 Å². The highest BCUT2D eigenvalue weighted by Gasteiger charge is 2.99. The summed E-state index contributed by atoms with van der Waals surface area (Å²) in [4.78, 5) is 28.8. The second kappa shape index (κ2) is 12.0. The molecule has 6 rings (SSSR count). The van der Waals surface area contributed by atoms with E-state index in [0.717, 1.165) is 0 Å². The lowest BCUT2D eigenvalue weighted by atomic mass is 9.73. The van der Waals surface area contributed by atoms with Crippen LogP contribution in [0.2, 0.25) is 0 Å². The number of nitrogens with zero attached hydrogens (tertiary/aromatic N) is 1.